The lowest BCUT2D eigenvalue weighted by molar-refractivity contribution is -0.230. The van der Waals surface area contributed by atoms with Gasteiger partial charge in [0.05, 0.1) is 6.04 Å². The van der Waals surface area contributed by atoms with E-state index in [2.05, 4.69) is 0 Å². The summed E-state index contributed by atoms with van der Waals surface area (Å²) in [4.78, 5) is 33.3. The fourth-order valence-corrected chi connectivity index (χ4v) is 2.28. The second kappa shape index (κ2) is 8.73. The van der Waals surface area contributed by atoms with Crippen molar-refractivity contribution in [3.8, 4) is 0 Å². The summed E-state index contributed by atoms with van der Waals surface area (Å²) < 4.78 is 89.2. The largest absolute Gasteiger partial charge is 0.471 e. The molecule has 0 spiro atoms. The van der Waals surface area contributed by atoms with Crippen LogP contribution in [0.4, 0.5) is 26.3 Å². The lowest BCUT2D eigenvalue weighted by atomic mass is 9.97. The van der Waals surface area contributed by atoms with E-state index in [9.17, 15) is 40.7 Å². The Morgan fingerprint density at radius 2 is 1.63 bits per heavy atom. The van der Waals surface area contributed by atoms with E-state index < -0.39 is 61.2 Å². The standard InChI is InChI=1S/C13H16F6N2O6/c1-5(22)26-9-6(21-11(24)13(17,18)19)3-8(25-2)27-7(9)4-20-10(23)12(14,15)16/h6-9H,3-4H2,1-2H3,(H,20,23)(H,21,24)/t6-,7+,8+,9+/m0/s1. The van der Waals surface area contributed by atoms with Crippen LogP contribution in [0.1, 0.15) is 13.3 Å². The predicted molar refractivity (Wildman–Crippen MR) is 72.9 cm³/mol. The van der Waals surface area contributed by atoms with Crippen LogP contribution >= 0.6 is 0 Å². The highest BCUT2D eigenvalue weighted by Crippen LogP contribution is 2.25. The molecule has 1 rings (SSSR count). The highest BCUT2D eigenvalue weighted by atomic mass is 19.4. The van der Waals surface area contributed by atoms with Crippen molar-refractivity contribution in [1.29, 1.82) is 0 Å². The van der Waals surface area contributed by atoms with Crippen LogP contribution in [-0.2, 0) is 28.6 Å². The summed E-state index contributed by atoms with van der Waals surface area (Å²) in [5.74, 6) is -5.67. The molecule has 14 heteroatoms. The van der Waals surface area contributed by atoms with Crippen LogP contribution in [-0.4, -0.2) is 68.3 Å². The Hall–Kier alpha value is -2.09. The number of hydrogen-bond donors (Lipinski definition) is 2. The molecule has 8 nitrogen and oxygen atoms in total. The van der Waals surface area contributed by atoms with Crippen LogP contribution < -0.4 is 10.6 Å². The van der Waals surface area contributed by atoms with Gasteiger partial charge in [0.1, 0.15) is 12.2 Å². The van der Waals surface area contributed by atoms with Crippen molar-refractivity contribution in [2.45, 2.75) is 50.2 Å². The molecule has 2 N–H and O–H groups in total. The van der Waals surface area contributed by atoms with E-state index in [0.717, 1.165) is 14.0 Å². The summed E-state index contributed by atoms with van der Waals surface area (Å²) in [5, 5.41) is 3.06. The molecule has 0 unspecified atom stereocenters. The first-order valence-corrected chi connectivity index (χ1v) is 7.34. The number of carbonyl (C=O) groups excluding carboxylic acids is 3. The molecule has 1 saturated heterocycles. The van der Waals surface area contributed by atoms with E-state index in [1.165, 1.54) is 5.32 Å². The average Bonchev–Trinajstić information content (AvgIpc) is 2.52. The van der Waals surface area contributed by atoms with E-state index in [-0.39, 0.29) is 6.42 Å². The van der Waals surface area contributed by atoms with E-state index in [0.29, 0.717) is 0 Å². The van der Waals surface area contributed by atoms with Crippen molar-refractivity contribution in [2.24, 2.45) is 0 Å². The Bertz CT molecular complexity index is 566. The number of nitrogens with one attached hydrogen (secondary N) is 2. The number of ether oxygens (including phenoxy) is 3. The Labute approximate surface area is 148 Å². The van der Waals surface area contributed by atoms with Crippen molar-refractivity contribution >= 4 is 17.8 Å². The molecule has 4 atom stereocenters. The van der Waals surface area contributed by atoms with Crippen molar-refractivity contribution in [2.75, 3.05) is 13.7 Å². The molecule has 1 aliphatic rings. The minimum absolute atomic E-state index is 0.389. The Morgan fingerprint density at radius 3 is 2.07 bits per heavy atom. The number of hydrogen-bond acceptors (Lipinski definition) is 6. The number of rotatable bonds is 5. The molecule has 0 aromatic carbocycles. The minimum Gasteiger partial charge on any atom is -0.458 e. The number of halogens is 6. The minimum atomic E-state index is -5.25. The lowest BCUT2D eigenvalue weighted by Crippen LogP contribution is -2.61. The second-order valence-electron chi connectivity index (χ2n) is 5.44. The highest BCUT2D eigenvalue weighted by molar-refractivity contribution is 5.82. The van der Waals surface area contributed by atoms with Crippen LogP contribution in [0.15, 0.2) is 0 Å². The van der Waals surface area contributed by atoms with Crippen LogP contribution in [0.3, 0.4) is 0 Å². The van der Waals surface area contributed by atoms with Gasteiger partial charge in [-0.15, -0.1) is 0 Å². The average molecular weight is 410 g/mol. The van der Waals surface area contributed by atoms with Crippen LogP contribution in [0.5, 0.6) is 0 Å². The number of carbonyl (C=O) groups is 3. The summed E-state index contributed by atoms with van der Waals surface area (Å²) in [6.07, 6.45) is -15.2. The van der Waals surface area contributed by atoms with Gasteiger partial charge in [-0.2, -0.15) is 26.3 Å². The van der Waals surface area contributed by atoms with Crippen molar-refractivity contribution in [1.82, 2.24) is 10.6 Å². The van der Waals surface area contributed by atoms with Crippen LogP contribution in [0, 0.1) is 0 Å². The molecule has 0 bridgehead atoms. The zero-order valence-corrected chi connectivity index (χ0v) is 13.9. The first kappa shape index (κ1) is 23.0. The predicted octanol–water partition coefficient (Wildman–Crippen LogP) is 0.405. The summed E-state index contributed by atoms with van der Waals surface area (Å²) in [5.41, 5.74) is 0. The van der Waals surface area contributed by atoms with Gasteiger partial charge in [0.2, 0.25) is 0 Å². The molecule has 0 saturated carbocycles. The SMILES string of the molecule is CO[C@H]1C[C@H](NC(=O)C(F)(F)F)[C@@H](OC(C)=O)[C@@H](CNC(=O)C(F)(F)F)O1. The first-order valence-electron chi connectivity index (χ1n) is 7.34. The molecule has 0 aliphatic carbocycles. The van der Waals surface area contributed by atoms with E-state index in [4.69, 9.17) is 14.2 Å². The fourth-order valence-electron chi connectivity index (χ4n) is 2.28. The maximum Gasteiger partial charge on any atom is 0.471 e. The van der Waals surface area contributed by atoms with E-state index >= 15 is 0 Å². The molecule has 1 aliphatic heterocycles. The number of esters is 1. The second-order valence-corrected chi connectivity index (χ2v) is 5.44. The van der Waals surface area contributed by atoms with E-state index in [1.54, 1.807) is 5.32 Å². The third-order valence-electron chi connectivity index (χ3n) is 3.40. The summed E-state index contributed by atoms with van der Waals surface area (Å²) >= 11 is 0. The molecule has 156 valence electrons. The lowest BCUT2D eigenvalue weighted by Gasteiger charge is -2.40. The molecule has 0 aromatic heterocycles. The van der Waals surface area contributed by atoms with Crippen LogP contribution in [0.2, 0.25) is 0 Å². The van der Waals surface area contributed by atoms with Gasteiger partial charge in [-0.05, 0) is 0 Å². The van der Waals surface area contributed by atoms with Gasteiger partial charge in [0.15, 0.2) is 6.29 Å². The Morgan fingerprint density at radius 1 is 1.07 bits per heavy atom. The molecule has 1 fully saturated rings. The molecular formula is C13H16F6N2O6. The van der Waals surface area contributed by atoms with Gasteiger partial charge in [-0.3, -0.25) is 14.4 Å². The highest BCUT2D eigenvalue weighted by Gasteiger charge is 2.47. The van der Waals surface area contributed by atoms with Gasteiger partial charge < -0.3 is 24.8 Å². The maximum atomic E-state index is 12.5. The third kappa shape index (κ3) is 6.86. The summed E-state index contributed by atoms with van der Waals surface area (Å²) in [6, 6.07) is -1.49. The quantitative estimate of drug-likeness (QED) is 0.503. The van der Waals surface area contributed by atoms with Gasteiger partial charge in [0, 0.05) is 27.0 Å². The normalized spacial score (nSPS) is 26.2. The van der Waals surface area contributed by atoms with Gasteiger partial charge in [-0.25, -0.2) is 0 Å². The smallest absolute Gasteiger partial charge is 0.458 e. The number of alkyl halides is 6. The van der Waals surface area contributed by atoms with Crippen molar-refractivity contribution < 1.29 is 54.9 Å². The Balaban J connectivity index is 3.00. The zero-order valence-electron chi connectivity index (χ0n) is 13.9. The molecule has 2 amide bonds. The molecule has 0 radical (unpaired) electrons. The Kier molecular flexibility index (Phi) is 7.42. The first-order chi connectivity index (χ1) is 12.3. The zero-order chi connectivity index (χ0) is 21.0. The maximum absolute atomic E-state index is 12.5. The monoisotopic (exact) mass is 410 g/mol. The molecule has 1 heterocycles. The number of amides is 2. The number of methoxy groups -OCH3 is 1. The molecular weight excluding hydrogens is 394 g/mol. The topological polar surface area (TPSA) is 103 Å². The van der Waals surface area contributed by atoms with E-state index in [1.807, 2.05) is 0 Å². The van der Waals surface area contributed by atoms with Crippen molar-refractivity contribution in [3.63, 3.8) is 0 Å². The van der Waals surface area contributed by atoms with Crippen molar-refractivity contribution in [3.05, 3.63) is 0 Å². The van der Waals surface area contributed by atoms with Gasteiger partial charge in [0.25, 0.3) is 0 Å². The summed E-state index contributed by atoms with van der Waals surface area (Å²) in [7, 11) is 1.10. The summed E-state index contributed by atoms with van der Waals surface area (Å²) in [6.45, 7) is 0.0327. The molecule has 0 aromatic rings. The fraction of sp³-hybridized carbons (Fsp3) is 0.769. The molecule has 27 heavy (non-hydrogen) atoms. The van der Waals surface area contributed by atoms with Gasteiger partial charge >= 0.3 is 30.1 Å². The van der Waals surface area contributed by atoms with Gasteiger partial charge in [-0.1, -0.05) is 0 Å². The third-order valence-corrected chi connectivity index (χ3v) is 3.40. The van der Waals surface area contributed by atoms with Crippen LogP contribution in [0.25, 0.3) is 0 Å².